The van der Waals surface area contributed by atoms with Crippen LogP contribution in [-0.4, -0.2) is 39.0 Å². The third kappa shape index (κ3) is 2.93. The average Bonchev–Trinajstić information content (AvgIpc) is 2.80. The molecule has 1 aromatic rings. The number of benzene rings is 1. The molecule has 21 heavy (non-hydrogen) atoms. The number of sulfonamides is 1. The molecule has 1 aliphatic heterocycles. The minimum absolute atomic E-state index is 0.0333. The van der Waals surface area contributed by atoms with E-state index in [4.69, 9.17) is 10.5 Å². The Labute approximate surface area is 127 Å². The van der Waals surface area contributed by atoms with Crippen molar-refractivity contribution in [1.82, 2.24) is 4.31 Å². The Hall–Kier alpha value is -1.11. The van der Waals surface area contributed by atoms with Crippen LogP contribution >= 0.6 is 0 Å². The van der Waals surface area contributed by atoms with Crippen LogP contribution in [0.25, 0.3) is 0 Å². The zero-order valence-corrected chi connectivity index (χ0v) is 13.9. The summed E-state index contributed by atoms with van der Waals surface area (Å²) in [6, 6.07) is 3.58. The van der Waals surface area contributed by atoms with Gasteiger partial charge in [-0.15, -0.1) is 0 Å². The van der Waals surface area contributed by atoms with Gasteiger partial charge in [-0.2, -0.15) is 4.31 Å². The van der Waals surface area contributed by atoms with Gasteiger partial charge in [-0.25, -0.2) is 8.42 Å². The van der Waals surface area contributed by atoms with Crippen molar-refractivity contribution in [2.24, 2.45) is 11.7 Å². The fourth-order valence-electron chi connectivity index (χ4n) is 3.11. The summed E-state index contributed by atoms with van der Waals surface area (Å²) in [5, 5.41) is 0. The lowest BCUT2D eigenvalue weighted by atomic mass is 10.1. The largest absolute Gasteiger partial charge is 0.495 e. The van der Waals surface area contributed by atoms with Gasteiger partial charge in [-0.3, -0.25) is 0 Å². The summed E-state index contributed by atoms with van der Waals surface area (Å²) in [6.07, 6.45) is 0.808. The summed E-state index contributed by atoms with van der Waals surface area (Å²) in [5.74, 6) is 0.663. The fraction of sp³-hybridized carbons (Fsp3) is 0.600. The molecule has 6 heteroatoms. The van der Waals surface area contributed by atoms with Crippen LogP contribution in [0, 0.1) is 19.8 Å². The van der Waals surface area contributed by atoms with Gasteiger partial charge in [0, 0.05) is 12.6 Å². The first kappa shape index (κ1) is 16.3. The van der Waals surface area contributed by atoms with E-state index in [-0.39, 0.29) is 16.9 Å². The van der Waals surface area contributed by atoms with Gasteiger partial charge in [0.1, 0.15) is 10.6 Å². The van der Waals surface area contributed by atoms with Crippen LogP contribution in [0.15, 0.2) is 17.0 Å². The van der Waals surface area contributed by atoms with Gasteiger partial charge in [0.15, 0.2) is 0 Å². The van der Waals surface area contributed by atoms with E-state index in [1.54, 1.807) is 10.4 Å². The van der Waals surface area contributed by atoms with Crippen molar-refractivity contribution in [2.75, 3.05) is 20.2 Å². The molecule has 0 bridgehead atoms. The zero-order valence-electron chi connectivity index (χ0n) is 13.1. The quantitative estimate of drug-likeness (QED) is 0.918. The van der Waals surface area contributed by atoms with Gasteiger partial charge < -0.3 is 10.5 Å². The van der Waals surface area contributed by atoms with Gasteiger partial charge in [-0.1, -0.05) is 6.07 Å². The van der Waals surface area contributed by atoms with Crippen LogP contribution in [0.3, 0.4) is 0 Å². The highest BCUT2D eigenvalue weighted by molar-refractivity contribution is 7.89. The maximum Gasteiger partial charge on any atom is 0.247 e. The number of hydrogen-bond donors (Lipinski definition) is 1. The molecule has 1 fully saturated rings. The molecule has 0 saturated carbocycles. The molecule has 1 aliphatic rings. The first-order valence-corrected chi connectivity index (χ1v) is 8.62. The van der Waals surface area contributed by atoms with Crippen molar-refractivity contribution in [3.8, 4) is 5.75 Å². The summed E-state index contributed by atoms with van der Waals surface area (Å²) in [7, 11) is -2.06. The fourth-order valence-corrected chi connectivity index (χ4v) is 5.14. The Balaban J connectivity index is 2.50. The highest BCUT2D eigenvalue weighted by Crippen LogP contribution is 2.35. The summed E-state index contributed by atoms with van der Waals surface area (Å²) in [6.45, 7) is 6.68. The highest BCUT2D eigenvalue weighted by Gasteiger charge is 2.38. The van der Waals surface area contributed by atoms with Gasteiger partial charge in [0.25, 0.3) is 0 Å². The normalized spacial score (nSPS) is 23.5. The first-order valence-electron chi connectivity index (χ1n) is 7.18. The summed E-state index contributed by atoms with van der Waals surface area (Å²) < 4.78 is 32.9. The molecule has 2 N–H and O–H groups in total. The second-order valence-electron chi connectivity index (χ2n) is 5.87. The molecule has 2 atom stereocenters. The van der Waals surface area contributed by atoms with E-state index >= 15 is 0 Å². The van der Waals surface area contributed by atoms with Crippen LogP contribution in [0.5, 0.6) is 5.75 Å². The molecule has 2 unspecified atom stereocenters. The van der Waals surface area contributed by atoms with Crippen LogP contribution in [-0.2, 0) is 10.0 Å². The molecule has 0 spiro atoms. The highest BCUT2D eigenvalue weighted by atomic mass is 32.2. The van der Waals surface area contributed by atoms with Gasteiger partial charge in [0.2, 0.25) is 10.0 Å². The topological polar surface area (TPSA) is 72.6 Å². The van der Waals surface area contributed by atoms with Gasteiger partial charge >= 0.3 is 0 Å². The second-order valence-corrected chi connectivity index (χ2v) is 7.73. The maximum atomic E-state index is 13.0. The van der Waals surface area contributed by atoms with E-state index in [1.165, 1.54) is 7.11 Å². The summed E-state index contributed by atoms with van der Waals surface area (Å²) in [5.41, 5.74) is 7.44. The van der Waals surface area contributed by atoms with Gasteiger partial charge in [-0.05, 0) is 56.8 Å². The molecule has 5 nitrogen and oxygen atoms in total. The third-order valence-corrected chi connectivity index (χ3v) is 6.10. The number of rotatable bonds is 4. The minimum Gasteiger partial charge on any atom is -0.495 e. The van der Waals surface area contributed by atoms with Crippen molar-refractivity contribution < 1.29 is 13.2 Å². The standard InChI is InChI=1S/C15H24N2O3S/c1-10-5-11(2)15(20-4)14(6-10)21(18,19)17-9-13(8-16)7-12(17)3/h5-6,12-13H,7-9,16H2,1-4H3. The number of hydrogen-bond acceptors (Lipinski definition) is 4. The van der Waals surface area contributed by atoms with Crippen molar-refractivity contribution in [1.29, 1.82) is 0 Å². The van der Waals surface area contributed by atoms with Crippen LogP contribution in [0.2, 0.25) is 0 Å². The average molecular weight is 312 g/mol. The monoisotopic (exact) mass is 312 g/mol. The SMILES string of the molecule is COc1c(C)cc(C)cc1S(=O)(=O)N1CC(CN)CC1C. The molecular formula is C15H24N2O3S. The third-order valence-electron chi connectivity index (χ3n) is 4.11. The van der Waals surface area contributed by atoms with Gasteiger partial charge in [0.05, 0.1) is 7.11 Å². The number of nitrogens with two attached hydrogens (primary N) is 1. The molecule has 0 amide bonds. The Bertz CT molecular complexity index is 628. The molecule has 1 heterocycles. The predicted octanol–water partition coefficient (Wildman–Crippen LogP) is 1.67. The Kier molecular flexibility index (Phi) is 4.60. The van der Waals surface area contributed by atoms with E-state index < -0.39 is 10.0 Å². The summed E-state index contributed by atoms with van der Waals surface area (Å²) in [4.78, 5) is 0.257. The first-order chi connectivity index (χ1) is 9.81. The number of aryl methyl sites for hydroxylation is 2. The number of ether oxygens (including phenoxy) is 1. The van der Waals surface area contributed by atoms with Crippen LogP contribution in [0.1, 0.15) is 24.5 Å². The predicted molar refractivity (Wildman–Crippen MR) is 83.0 cm³/mol. The van der Waals surface area contributed by atoms with Crippen molar-refractivity contribution in [3.63, 3.8) is 0 Å². The lowest BCUT2D eigenvalue weighted by Crippen LogP contribution is -2.34. The smallest absolute Gasteiger partial charge is 0.247 e. The second kappa shape index (κ2) is 5.94. The number of nitrogens with zero attached hydrogens (tertiary/aromatic N) is 1. The van der Waals surface area contributed by atoms with E-state index in [2.05, 4.69) is 0 Å². The minimum atomic E-state index is -3.57. The van der Waals surface area contributed by atoms with Crippen LogP contribution in [0.4, 0.5) is 0 Å². The zero-order chi connectivity index (χ0) is 15.8. The molecule has 118 valence electrons. The Morgan fingerprint density at radius 2 is 2.05 bits per heavy atom. The maximum absolute atomic E-state index is 13.0. The van der Waals surface area contributed by atoms with E-state index in [9.17, 15) is 8.42 Å². The Morgan fingerprint density at radius 1 is 1.38 bits per heavy atom. The van der Waals surface area contributed by atoms with Crippen molar-refractivity contribution >= 4 is 10.0 Å². The molecule has 0 radical (unpaired) electrons. The summed E-state index contributed by atoms with van der Waals surface area (Å²) >= 11 is 0. The lowest BCUT2D eigenvalue weighted by Gasteiger charge is -2.23. The van der Waals surface area contributed by atoms with Crippen molar-refractivity contribution in [3.05, 3.63) is 23.3 Å². The molecule has 2 rings (SSSR count). The number of methoxy groups -OCH3 is 1. The lowest BCUT2D eigenvalue weighted by molar-refractivity contribution is 0.383. The van der Waals surface area contributed by atoms with Crippen molar-refractivity contribution in [2.45, 2.75) is 38.1 Å². The van der Waals surface area contributed by atoms with E-state index in [1.807, 2.05) is 26.8 Å². The Morgan fingerprint density at radius 3 is 2.57 bits per heavy atom. The molecule has 1 saturated heterocycles. The molecule has 1 aromatic carbocycles. The molecular weight excluding hydrogens is 288 g/mol. The van der Waals surface area contributed by atoms with Crippen LogP contribution < -0.4 is 10.5 Å². The van der Waals surface area contributed by atoms with E-state index in [0.717, 1.165) is 17.5 Å². The molecule has 0 aromatic heterocycles. The van der Waals surface area contributed by atoms with E-state index in [0.29, 0.717) is 18.8 Å². The molecule has 0 aliphatic carbocycles.